The van der Waals surface area contributed by atoms with Crippen molar-refractivity contribution in [3.8, 4) is 0 Å². The van der Waals surface area contributed by atoms with Crippen LogP contribution in [0.15, 0.2) is 51.1 Å². The standard InChI is InChI=1S/C18H27N5S/c1-4-23(15-5-6-15)10-9-21-18-12-14(3)22-13(2)11-17(24-18)16(20)7-8-19/h7-8,11-12,15,19,21H,2,4-6,9-10,20H2,1,3H3/b16-7-,17-11-,18-12-,19-8?,22-14-. The van der Waals surface area contributed by atoms with Crippen molar-refractivity contribution in [2.45, 2.75) is 32.7 Å². The topological polar surface area (TPSA) is 77.5 Å². The number of rotatable bonds is 8. The lowest BCUT2D eigenvalue weighted by Gasteiger charge is -2.21. The summed E-state index contributed by atoms with van der Waals surface area (Å²) >= 11 is 1.56. The van der Waals surface area contributed by atoms with Gasteiger partial charge in [-0.2, -0.15) is 0 Å². The van der Waals surface area contributed by atoms with Crippen molar-refractivity contribution in [2.75, 3.05) is 19.6 Å². The van der Waals surface area contributed by atoms with Crippen LogP contribution >= 0.6 is 11.8 Å². The van der Waals surface area contributed by atoms with Gasteiger partial charge in [0.1, 0.15) is 0 Å². The molecule has 1 aliphatic carbocycles. The number of nitrogens with zero attached hydrogens (tertiary/aromatic N) is 2. The van der Waals surface area contributed by atoms with Crippen molar-refractivity contribution in [3.63, 3.8) is 0 Å². The van der Waals surface area contributed by atoms with Gasteiger partial charge in [0.05, 0.1) is 10.7 Å². The minimum absolute atomic E-state index is 0.548. The largest absolute Gasteiger partial charge is 0.398 e. The molecule has 0 aromatic rings. The Balaban J connectivity index is 2.04. The van der Waals surface area contributed by atoms with E-state index in [1.54, 1.807) is 17.8 Å². The lowest BCUT2D eigenvalue weighted by molar-refractivity contribution is 0.281. The Morgan fingerprint density at radius 2 is 2.29 bits per heavy atom. The molecule has 0 atom stereocenters. The van der Waals surface area contributed by atoms with Gasteiger partial charge < -0.3 is 16.5 Å². The van der Waals surface area contributed by atoms with Gasteiger partial charge in [-0.05, 0) is 44.5 Å². The number of hydrogen-bond acceptors (Lipinski definition) is 6. The molecule has 1 saturated carbocycles. The summed E-state index contributed by atoms with van der Waals surface area (Å²) in [4.78, 5) is 7.82. The molecular weight excluding hydrogens is 318 g/mol. The third kappa shape index (κ3) is 5.69. The number of likely N-dealkylation sites (N-methyl/N-ethyl adjacent to an activating group) is 1. The van der Waals surface area contributed by atoms with Crippen molar-refractivity contribution in [1.82, 2.24) is 10.2 Å². The highest BCUT2D eigenvalue weighted by Gasteiger charge is 2.27. The second-order valence-corrected chi connectivity index (χ2v) is 7.02. The van der Waals surface area contributed by atoms with E-state index in [1.165, 1.54) is 19.1 Å². The summed E-state index contributed by atoms with van der Waals surface area (Å²) in [7, 11) is 0. The maximum absolute atomic E-state index is 7.20. The summed E-state index contributed by atoms with van der Waals surface area (Å²) in [5, 5.41) is 11.7. The van der Waals surface area contributed by atoms with Crippen LogP contribution in [-0.2, 0) is 0 Å². The van der Waals surface area contributed by atoms with Crippen LogP contribution in [-0.4, -0.2) is 42.5 Å². The van der Waals surface area contributed by atoms with E-state index in [9.17, 15) is 0 Å². The van der Waals surface area contributed by atoms with Crippen molar-refractivity contribution in [3.05, 3.63) is 46.1 Å². The van der Waals surface area contributed by atoms with Crippen molar-refractivity contribution in [2.24, 2.45) is 10.7 Å². The second kappa shape index (κ2) is 8.89. The summed E-state index contributed by atoms with van der Waals surface area (Å²) in [6.07, 6.45) is 9.31. The Hall–Kier alpha value is -1.79. The highest BCUT2D eigenvalue weighted by atomic mass is 32.2. The summed E-state index contributed by atoms with van der Waals surface area (Å²) in [6.45, 7) is 11.1. The minimum atomic E-state index is 0.548. The highest BCUT2D eigenvalue weighted by Crippen LogP contribution is 2.30. The van der Waals surface area contributed by atoms with E-state index in [0.29, 0.717) is 11.4 Å². The average Bonchev–Trinajstić information content (AvgIpc) is 3.33. The van der Waals surface area contributed by atoms with Crippen LogP contribution in [0.2, 0.25) is 0 Å². The average molecular weight is 346 g/mol. The van der Waals surface area contributed by atoms with E-state index < -0.39 is 0 Å². The second-order valence-electron chi connectivity index (χ2n) is 5.94. The summed E-state index contributed by atoms with van der Waals surface area (Å²) in [6, 6.07) is 0.781. The molecule has 0 spiro atoms. The normalized spacial score (nSPS) is 25.7. The van der Waals surface area contributed by atoms with E-state index >= 15 is 0 Å². The number of nitrogens with one attached hydrogen (secondary N) is 2. The van der Waals surface area contributed by atoms with Crippen LogP contribution in [0.1, 0.15) is 26.7 Å². The molecule has 1 heterocycles. The summed E-state index contributed by atoms with van der Waals surface area (Å²) in [5.41, 5.74) is 8.18. The first-order valence-corrected chi connectivity index (χ1v) is 9.15. The van der Waals surface area contributed by atoms with Crippen LogP contribution < -0.4 is 11.1 Å². The van der Waals surface area contributed by atoms with Gasteiger partial charge in [-0.15, -0.1) is 0 Å². The van der Waals surface area contributed by atoms with E-state index in [0.717, 1.165) is 41.3 Å². The lowest BCUT2D eigenvalue weighted by atomic mass is 10.3. The predicted octanol–water partition coefficient (Wildman–Crippen LogP) is 3.00. The predicted molar refractivity (Wildman–Crippen MR) is 105 cm³/mol. The van der Waals surface area contributed by atoms with Gasteiger partial charge in [-0.3, -0.25) is 9.89 Å². The molecule has 1 aliphatic heterocycles. The number of hydrogen-bond donors (Lipinski definition) is 3. The minimum Gasteiger partial charge on any atom is -0.398 e. The third-order valence-electron chi connectivity index (χ3n) is 3.89. The molecule has 2 aliphatic rings. The van der Waals surface area contributed by atoms with Crippen molar-refractivity contribution < 1.29 is 0 Å². The molecule has 4 N–H and O–H groups in total. The van der Waals surface area contributed by atoms with Gasteiger partial charge >= 0.3 is 0 Å². The molecule has 0 amide bonds. The first kappa shape index (κ1) is 18.5. The van der Waals surface area contributed by atoms with E-state index in [-0.39, 0.29) is 0 Å². The molecular formula is C18H27N5S. The Morgan fingerprint density at radius 3 is 2.92 bits per heavy atom. The Bertz CT molecular complexity index is 611. The van der Waals surface area contributed by atoms with Gasteiger partial charge in [0.15, 0.2) is 0 Å². The first-order valence-electron chi connectivity index (χ1n) is 8.33. The van der Waals surface area contributed by atoms with Crippen molar-refractivity contribution >= 4 is 23.7 Å². The fourth-order valence-corrected chi connectivity index (χ4v) is 3.59. The Morgan fingerprint density at radius 1 is 1.54 bits per heavy atom. The van der Waals surface area contributed by atoms with Gasteiger partial charge in [0.2, 0.25) is 0 Å². The van der Waals surface area contributed by atoms with E-state index in [4.69, 9.17) is 11.1 Å². The highest BCUT2D eigenvalue weighted by molar-refractivity contribution is 8.06. The first-order chi connectivity index (χ1) is 11.5. The molecule has 0 bridgehead atoms. The lowest BCUT2D eigenvalue weighted by Crippen LogP contribution is -2.33. The molecule has 0 aromatic heterocycles. The van der Waals surface area contributed by atoms with Gasteiger partial charge in [0, 0.05) is 41.7 Å². The van der Waals surface area contributed by atoms with Crippen LogP contribution in [0.4, 0.5) is 0 Å². The maximum atomic E-state index is 7.20. The molecule has 1 fully saturated rings. The van der Waals surface area contributed by atoms with Crippen LogP contribution in [0.5, 0.6) is 0 Å². The summed E-state index contributed by atoms with van der Waals surface area (Å²) in [5.74, 6) is 0. The molecule has 5 nitrogen and oxygen atoms in total. The third-order valence-corrected chi connectivity index (χ3v) is 4.95. The fourth-order valence-electron chi connectivity index (χ4n) is 2.57. The maximum Gasteiger partial charge on any atom is 0.0749 e. The molecule has 6 heteroatoms. The molecule has 0 radical (unpaired) electrons. The van der Waals surface area contributed by atoms with Crippen LogP contribution in [0.3, 0.4) is 0 Å². The van der Waals surface area contributed by atoms with Gasteiger partial charge in [-0.25, -0.2) is 0 Å². The van der Waals surface area contributed by atoms with E-state index in [2.05, 4.69) is 28.7 Å². The smallest absolute Gasteiger partial charge is 0.0749 e. The SMILES string of the molecule is C=C1/C=C(/C(N)=C/C=N)S/C(NCCN(CC)C2CC2)=C\C(C)=N/1. The van der Waals surface area contributed by atoms with Gasteiger partial charge in [-0.1, -0.05) is 25.3 Å². The zero-order valence-corrected chi connectivity index (χ0v) is 15.3. The monoisotopic (exact) mass is 345 g/mol. The molecule has 0 aromatic carbocycles. The zero-order chi connectivity index (χ0) is 17.5. The fraction of sp³-hybridized carbons (Fsp3) is 0.444. The quantitative estimate of drug-likeness (QED) is 0.591. The molecule has 0 saturated heterocycles. The zero-order valence-electron chi connectivity index (χ0n) is 14.5. The molecule has 0 unspecified atom stereocenters. The van der Waals surface area contributed by atoms with Gasteiger partial charge in [0.25, 0.3) is 0 Å². The Labute approximate surface area is 149 Å². The van der Waals surface area contributed by atoms with E-state index in [1.807, 2.05) is 19.1 Å². The number of allylic oxidation sites excluding steroid dienone is 3. The number of aliphatic imine (C=N–C) groups is 1. The van der Waals surface area contributed by atoms with Crippen LogP contribution in [0.25, 0.3) is 0 Å². The molecule has 2 rings (SSSR count). The Kier molecular flexibility index (Phi) is 6.87. The molecule has 24 heavy (non-hydrogen) atoms. The number of thioether (sulfide) groups is 1. The number of nitrogens with two attached hydrogens (primary N) is 1. The summed E-state index contributed by atoms with van der Waals surface area (Å²) < 4.78 is 0. The van der Waals surface area contributed by atoms with Crippen LogP contribution in [0, 0.1) is 5.41 Å². The van der Waals surface area contributed by atoms with Crippen molar-refractivity contribution in [1.29, 1.82) is 5.41 Å². The molecule has 130 valence electrons.